The second kappa shape index (κ2) is 4.11. The number of aliphatic hydroxyl groups excluding tert-OH is 1. The fourth-order valence-electron chi connectivity index (χ4n) is 0.983. The van der Waals surface area contributed by atoms with E-state index in [9.17, 15) is 0 Å². The predicted molar refractivity (Wildman–Crippen MR) is 46.9 cm³/mol. The molecule has 2 nitrogen and oxygen atoms in total. The van der Waals surface area contributed by atoms with Crippen LogP contribution in [0.25, 0.3) is 0 Å². The summed E-state index contributed by atoms with van der Waals surface area (Å²) in [5, 5.41) is 8.84. The fraction of sp³-hybridized carbons (Fsp3) is 0.333. The molecule has 0 bridgehead atoms. The molecule has 0 aliphatic rings. The summed E-state index contributed by atoms with van der Waals surface area (Å²) >= 11 is 0. The number of hydrogen-bond acceptors (Lipinski definition) is 2. The van der Waals surface area contributed by atoms with E-state index in [1.807, 2.05) is 19.1 Å². The molecule has 0 radical (unpaired) electrons. The van der Waals surface area contributed by atoms with Crippen LogP contribution in [-0.2, 0) is 6.61 Å². The van der Waals surface area contributed by atoms with E-state index < -0.39 is 0 Å². The molecule has 0 saturated carbocycles. The molecule has 2 heteroatoms. The van der Waals surface area contributed by atoms with E-state index >= 15 is 0 Å². The number of aliphatic hydroxyl groups is 1. The number of rotatable bonds is 1. The quantitative estimate of drug-likeness (QED) is 0.648. The lowest BCUT2D eigenvalue weighted by Crippen LogP contribution is -1.90. The minimum absolute atomic E-state index is 0. The zero-order valence-corrected chi connectivity index (χ0v) is 7.09. The van der Waals surface area contributed by atoms with Crippen molar-refractivity contribution in [2.24, 2.45) is 0 Å². The van der Waals surface area contributed by atoms with Crippen LogP contribution in [0, 0.1) is 13.8 Å². The Balaban J connectivity index is 0.000001000. The average Bonchev–Trinajstić information content (AvgIpc) is 1.95. The zero-order chi connectivity index (χ0) is 7.56. The van der Waals surface area contributed by atoms with E-state index in [1.54, 1.807) is 0 Å². The Hall–Kier alpha value is -0.860. The minimum atomic E-state index is 0. The van der Waals surface area contributed by atoms with Crippen LogP contribution in [0.2, 0.25) is 0 Å². The Morgan fingerprint density at radius 2 is 1.91 bits per heavy atom. The first-order valence-corrected chi connectivity index (χ1v) is 3.41. The monoisotopic (exact) mass is 153 g/mol. The van der Waals surface area contributed by atoms with Crippen LogP contribution in [-0.4, -0.2) is 5.11 Å². The molecule has 0 unspecified atom stereocenters. The maximum atomic E-state index is 8.84. The van der Waals surface area contributed by atoms with Gasteiger partial charge in [0.05, 0.1) is 6.61 Å². The third kappa shape index (κ3) is 2.03. The van der Waals surface area contributed by atoms with Crippen LogP contribution < -0.4 is 6.15 Å². The van der Waals surface area contributed by atoms with Crippen molar-refractivity contribution in [2.45, 2.75) is 20.5 Å². The molecule has 11 heavy (non-hydrogen) atoms. The number of benzene rings is 1. The molecule has 0 aliphatic heterocycles. The highest BCUT2D eigenvalue weighted by atomic mass is 16.3. The van der Waals surface area contributed by atoms with Gasteiger partial charge >= 0.3 is 0 Å². The summed E-state index contributed by atoms with van der Waals surface area (Å²) in [5.41, 5.74) is 3.47. The van der Waals surface area contributed by atoms with Crippen molar-refractivity contribution in [2.75, 3.05) is 0 Å². The molecule has 1 aromatic carbocycles. The maximum absolute atomic E-state index is 8.84. The molecule has 0 heterocycles. The Morgan fingerprint density at radius 3 is 2.36 bits per heavy atom. The normalized spacial score (nSPS) is 9.00. The van der Waals surface area contributed by atoms with Crippen molar-refractivity contribution in [1.29, 1.82) is 0 Å². The molecular formula is C9H15NO. The van der Waals surface area contributed by atoms with Crippen LogP contribution in [0.3, 0.4) is 0 Å². The molecule has 0 spiro atoms. The van der Waals surface area contributed by atoms with Gasteiger partial charge in [0.25, 0.3) is 0 Å². The van der Waals surface area contributed by atoms with Crippen molar-refractivity contribution in [3.63, 3.8) is 0 Å². The first kappa shape index (κ1) is 10.1. The van der Waals surface area contributed by atoms with Gasteiger partial charge in [-0.25, -0.2) is 0 Å². The van der Waals surface area contributed by atoms with Gasteiger partial charge in [-0.15, -0.1) is 0 Å². The van der Waals surface area contributed by atoms with Gasteiger partial charge in [0.1, 0.15) is 0 Å². The van der Waals surface area contributed by atoms with E-state index in [4.69, 9.17) is 5.11 Å². The van der Waals surface area contributed by atoms with Crippen LogP contribution in [0.15, 0.2) is 18.2 Å². The van der Waals surface area contributed by atoms with Gasteiger partial charge in [-0.3, -0.25) is 0 Å². The molecule has 4 N–H and O–H groups in total. The van der Waals surface area contributed by atoms with Crippen molar-refractivity contribution in [3.8, 4) is 0 Å². The van der Waals surface area contributed by atoms with Gasteiger partial charge < -0.3 is 11.3 Å². The van der Waals surface area contributed by atoms with Crippen LogP contribution >= 0.6 is 0 Å². The predicted octanol–water partition coefficient (Wildman–Crippen LogP) is 1.96. The molecule has 1 aromatic rings. The van der Waals surface area contributed by atoms with E-state index in [1.165, 1.54) is 11.1 Å². The molecule has 0 atom stereocenters. The summed E-state index contributed by atoms with van der Waals surface area (Å²) < 4.78 is 0. The standard InChI is InChI=1S/C9H12O.H3N/c1-7-4-3-5-9(6-10)8(7)2;/h3-5,10H,6H2,1-2H3;1H3. The maximum Gasteiger partial charge on any atom is 0.0684 e. The summed E-state index contributed by atoms with van der Waals surface area (Å²) in [6.07, 6.45) is 0. The molecule has 1 rings (SSSR count). The van der Waals surface area contributed by atoms with Gasteiger partial charge in [-0.1, -0.05) is 18.2 Å². The molecule has 0 amide bonds. The van der Waals surface area contributed by atoms with Crippen molar-refractivity contribution < 1.29 is 5.11 Å². The van der Waals surface area contributed by atoms with Gasteiger partial charge in [0, 0.05) is 0 Å². The van der Waals surface area contributed by atoms with Crippen LogP contribution in [0.4, 0.5) is 0 Å². The van der Waals surface area contributed by atoms with Gasteiger partial charge in [-0.05, 0) is 30.5 Å². The molecule has 0 saturated heterocycles. The van der Waals surface area contributed by atoms with Crippen molar-refractivity contribution in [1.82, 2.24) is 6.15 Å². The molecule has 0 aliphatic carbocycles. The number of aryl methyl sites for hydroxylation is 1. The largest absolute Gasteiger partial charge is 0.392 e. The average molecular weight is 153 g/mol. The fourth-order valence-corrected chi connectivity index (χ4v) is 0.983. The molecule has 0 fully saturated rings. The highest BCUT2D eigenvalue weighted by molar-refractivity contribution is 5.32. The van der Waals surface area contributed by atoms with E-state index in [0.717, 1.165) is 5.56 Å². The molecular weight excluding hydrogens is 138 g/mol. The first-order chi connectivity index (χ1) is 4.75. The topological polar surface area (TPSA) is 55.2 Å². The van der Waals surface area contributed by atoms with Gasteiger partial charge in [0.15, 0.2) is 0 Å². The molecule has 0 aromatic heterocycles. The smallest absolute Gasteiger partial charge is 0.0684 e. The Labute approximate surface area is 67.5 Å². The number of hydrogen-bond donors (Lipinski definition) is 2. The molecule has 62 valence electrons. The lowest BCUT2D eigenvalue weighted by atomic mass is 10.0. The summed E-state index contributed by atoms with van der Waals surface area (Å²) in [6, 6.07) is 5.96. The summed E-state index contributed by atoms with van der Waals surface area (Å²) in [5.74, 6) is 0. The Kier molecular flexibility index (Phi) is 3.79. The van der Waals surface area contributed by atoms with Crippen LogP contribution in [0.5, 0.6) is 0 Å². The second-order valence-corrected chi connectivity index (χ2v) is 2.52. The van der Waals surface area contributed by atoms with Crippen molar-refractivity contribution in [3.05, 3.63) is 34.9 Å². The van der Waals surface area contributed by atoms with E-state index in [-0.39, 0.29) is 12.8 Å². The van der Waals surface area contributed by atoms with E-state index in [2.05, 4.69) is 13.0 Å². The lowest BCUT2D eigenvalue weighted by molar-refractivity contribution is 0.281. The van der Waals surface area contributed by atoms with Crippen LogP contribution in [0.1, 0.15) is 16.7 Å². The first-order valence-electron chi connectivity index (χ1n) is 3.41. The van der Waals surface area contributed by atoms with Crippen molar-refractivity contribution >= 4 is 0 Å². The Bertz CT molecular complexity index is 233. The third-order valence-electron chi connectivity index (χ3n) is 1.89. The third-order valence-corrected chi connectivity index (χ3v) is 1.89. The SMILES string of the molecule is Cc1cccc(CO)c1C.N. The highest BCUT2D eigenvalue weighted by Crippen LogP contribution is 2.11. The Morgan fingerprint density at radius 1 is 1.27 bits per heavy atom. The summed E-state index contributed by atoms with van der Waals surface area (Å²) in [7, 11) is 0. The highest BCUT2D eigenvalue weighted by Gasteiger charge is 1.96. The van der Waals surface area contributed by atoms with Gasteiger partial charge in [-0.2, -0.15) is 0 Å². The second-order valence-electron chi connectivity index (χ2n) is 2.52. The zero-order valence-electron chi connectivity index (χ0n) is 7.09. The summed E-state index contributed by atoms with van der Waals surface area (Å²) in [4.78, 5) is 0. The lowest BCUT2D eigenvalue weighted by Gasteiger charge is -2.03. The summed E-state index contributed by atoms with van der Waals surface area (Å²) in [6.45, 7) is 4.23. The van der Waals surface area contributed by atoms with Gasteiger partial charge in [0.2, 0.25) is 0 Å². The van der Waals surface area contributed by atoms with E-state index in [0.29, 0.717) is 0 Å². The minimum Gasteiger partial charge on any atom is -0.392 e.